The van der Waals surface area contributed by atoms with Gasteiger partial charge in [0.2, 0.25) is 0 Å². The molecule has 0 atom stereocenters. The molecule has 0 saturated heterocycles. The zero-order chi connectivity index (χ0) is 23.1. The lowest BCUT2D eigenvalue weighted by Gasteiger charge is -2.14. The Bertz CT molecular complexity index is 729. The molecule has 32 heavy (non-hydrogen) atoms. The second kappa shape index (κ2) is 15.5. The molecule has 2 aromatic rings. The standard InChI is InChI=1S/C27H44N2OSSi/c1-5-6-7-8-10-13-20-31-27-28-22-25(23-29-27)24-15-17-26(18-16-24)30-19-12-9-11-14-21-32(2,3)4/h15-18,22-23H,5-14,19-21H2,1-4H3. The van der Waals surface area contributed by atoms with Crippen LogP contribution in [0.1, 0.15) is 71.1 Å². The topological polar surface area (TPSA) is 35.0 Å². The molecule has 0 aliphatic carbocycles. The van der Waals surface area contributed by atoms with Crippen molar-refractivity contribution in [2.75, 3.05) is 12.4 Å². The van der Waals surface area contributed by atoms with Gasteiger partial charge in [0.05, 0.1) is 6.61 Å². The van der Waals surface area contributed by atoms with E-state index in [-0.39, 0.29) is 0 Å². The first-order chi connectivity index (χ1) is 15.5. The van der Waals surface area contributed by atoms with Crippen molar-refractivity contribution in [2.45, 2.75) is 102 Å². The number of thioether (sulfide) groups is 1. The summed E-state index contributed by atoms with van der Waals surface area (Å²) in [5.41, 5.74) is 2.19. The monoisotopic (exact) mass is 472 g/mol. The van der Waals surface area contributed by atoms with Gasteiger partial charge in [0.1, 0.15) is 5.75 Å². The van der Waals surface area contributed by atoms with Crippen LogP contribution in [0.3, 0.4) is 0 Å². The van der Waals surface area contributed by atoms with Crippen molar-refractivity contribution in [3.05, 3.63) is 36.7 Å². The second-order valence-electron chi connectivity index (χ2n) is 9.97. The summed E-state index contributed by atoms with van der Waals surface area (Å²) in [6.45, 7) is 10.4. The average Bonchev–Trinajstić information content (AvgIpc) is 2.78. The van der Waals surface area contributed by atoms with Gasteiger partial charge < -0.3 is 4.74 Å². The van der Waals surface area contributed by atoms with Crippen molar-refractivity contribution in [3.8, 4) is 16.9 Å². The van der Waals surface area contributed by atoms with Crippen LogP contribution < -0.4 is 4.74 Å². The third-order valence-electron chi connectivity index (χ3n) is 5.63. The molecule has 1 aromatic carbocycles. The summed E-state index contributed by atoms with van der Waals surface area (Å²) in [6.07, 6.45) is 17.0. The zero-order valence-corrected chi connectivity index (χ0v) is 22.7. The van der Waals surface area contributed by atoms with Gasteiger partial charge in [-0.05, 0) is 30.5 Å². The lowest BCUT2D eigenvalue weighted by atomic mass is 10.1. The maximum absolute atomic E-state index is 5.92. The minimum Gasteiger partial charge on any atom is -0.494 e. The maximum atomic E-state index is 5.92. The number of rotatable bonds is 17. The molecule has 0 aliphatic heterocycles. The molecule has 0 bridgehead atoms. The Hall–Kier alpha value is -1.33. The largest absolute Gasteiger partial charge is 0.494 e. The third-order valence-corrected chi connectivity index (χ3v) is 8.45. The van der Waals surface area contributed by atoms with Crippen LogP contribution in [0.4, 0.5) is 0 Å². The van der Waals surface area contributed by atoms with E-state index >= 15 is 0 Å². The van der Waals surface area contributed by atoms with Crippen LogP contribution in [-0.4, -0.2) is 30.4 Å². The molecule has 0 N–H and O–H groups in total. The summed E-state index contributed by atoms with van der Waals surface area (Å²) >= 11 is 1.77. The van der Waals surface area contributed by atoms with E-state index in [1.165, 1.54) is 63.8 Å². The molecule has 178 valence electrons. The number of ether oxygens (including phenoxy) is 1. The van der Waals surface area contributed by atoms with Crippen molar-refractivity contribution in [2.24, 2.45) is 0 Å². The van der Waals surface area contributed by atoms with E-state index in [9.17, 15) is 0 Å². The summed E-state index contributed by atoms with van der Waals surface area (Å²) in [5.74, 6) is 2.05. The minimum absolute atomic E-state index is 0.805. The van der Waals surface area contributed by atoms with E-state index in [1.54, 1.807) is 11.8 Å². The van der Waals surface area contributed by atoms with Crippen molar-refractivity contribution in [1.29, 1.82) is 0 Å². The Labute approximate surface area is 202 Å². The molecule has 0 saturated carbocycles. The fourth-order valence-corrected chi connectivity index (χ4v) is 5.73. The molecular formula is C27H44N2OSSi. The molecule has 0 fully saturated rings. The van der Waals surface area contributed by atoms with Gasteiger partial charge in [-0.3, -0.25) is 0 Å². The Morgan fingerprint density at radius 3 is 2.06 bits per heavy atom. The molecule has 5 heteroatoms. The normalized spacial score (nSPS) is 11.6. The number of benzene rings is 1. The molecule has 1 aromatic heterocycles. The Kier molecular flexibility index (Phi) is 13.0. The summed E-state index contributed by atoms with van der Waals surface area (Å²) in [7, 11) is -0.870. The van der Waals surface area contributed by atoms with Gasteiger partial charge in [0, 0.05) is 31.8 Å². The summed E-state index contributed by atoms with van der Waals surface area (Å²) in [6, 6.07) is 9.76. The smallest absolute Gasteiger partial charge is 0.187 e. The van der Waals surface area contributed by atoms with Crippen LogP contribution in [0.5, 0.6) is 5.75 Å². The first kappa shape index (κ1) is 26.9. The van der Waals surface area contributed by atoms with E-state index < -0.39 is 8.07 Å². The van der Waals surface area contributed by atoms with Gasteiger partial charge >= 0.3 is 0 Å². The number of nitrogens with zero attached hydrogens (tertiary/aromatic N) is 2. The van der Waals surface area contributed by atoms with Crippen LogP contribution >= 0.6 is 11.8 Å². The van der Waals surface area contributed by atoms with Gasteiger partial charge in [-0.25, -0.2) is 9.97 Å². The van der Waals surface area contributed by atoms with Gasteiger partial charge in [0.15, 0.2) is 5.16 Å². The third kappa shape index (κ3) is 12.1. The molecule has 1 heterocycles. The van der Waals surface area contributed by atoms with Crippen LogP contribution in [-0.2, 0) is 0 Å². The SMILES string of the molecule is CCCCCCCCSc1ncc(-c2ccc(OCCCCCC[Si](C)(C)C)cc2)cn1. The van der Waals surface area contributed by atoms with Crippen LogP contribution in [0, 0.1) is 0 Å². The fourth-order valence-electron chi connectivity index (χ4n) is 3.63. The number of hydrogen-bond donors (Lipinski definition) is 0. The first-order valence-electron chi connectivity index (χ1n) is 12.7. The van der Waals surface area contributed by atoms with Crippen LogP contribution in [0.25, 0.3) is 11.1 Å². The van der Waals surface area contributed by atoms with Gasteiger partial charge in [-0.2, -0.15) is 0 Å². The molecule has 3 nitrogen and oxygen atoms in total. The predicted molar refractivity (Wildman–Crippen MR) is 144 cm³/mol. The number of unbranched alkanes of at least 4 members (excludes halogenated alkanes) is 8. The molecule has 0 unspecified atom stereocenters. The van der Waals surface area contributed by atoms with E-state index in [4.69, 9.17) is 4.74 Å². The Morgan fingerprint density at radius 2 is 1.38 bits per heavy atom. The molecule has 0 radical (unpaired) electrons. The van der Waals surface area contributed by atoms with Crippen molar-refractivity contribution < 1.29 is 4.74 Å². The lowest BCUT2D eigenvalue weighted by molar-refractivity contribution is 0.305. The van der Waals surface area contributed by atoms with Gasteiger partial charge in [-0.15, -0.1) is 0 Å². The second-order valence-corrected chi connectivity index (χ2v) is 16.7. The molecule has 0 amide bonds. The molecular weight excluding hydrogens is 428 g/mol. The Balaban J connectivity index is 1.63. The van der Waals surface area contributed by atoms with Gasteiger partial charge in [0.25, 0.3) is 0 Å². The lowest BCUT2D eigenvalue weighted by Crippen LogP contribution is -2.18. The fraction of sp³-hybridized carbons (Fsp3) is 0.630. The highest BCUT2D eigenvalue weighted by Gasteiger charge is 2.11. The molecule has 0 aliphatic rings. The van der Waals surface area contributed by atoms with Crippen LogP contribution in [0.2, 0.25) is 25.7 Å². The zero-order valence-electron chi connectivity index (χ0n) is 20.9. The number of aromatic nitrogens is 2. The molecule has 0 spiro atoms. The Morgan fingerprint density at radius 1 is 0.750 bits per heavy atom. The quantitative estimate of drug-likeness (QED) is 0.0996. The summed E-state index contributed by atoms with van der Waals surface area (Å²) < 4.78 is 5.92. The minimum atomic E-state index is -0.870. The van der Waals surface area contributed by atoms with Crippen LogP contribution in [0.15, 0.2) is 41.8 Å². The highest BCUT2D eigenvalue weighted by Crippen LogP contribution is 2.23. The number of hydrogen-bond acceptors (Lipinski definition) is 4. The van der Waals surface area contributed by atoms with E-state index in [1.807, 2.05) is 12.4 Å². The van der Waals surface area contributed by atoms with E-state index in [0.717, 1.165) is 40.8 Å². The highest BCUT2D eigenvalue weighted by molar-refractivity contribution is 7.99. The average molecular weight is 473 g/mol. The van der Waals surface area contributed by atoms with Crippen molar-refractivity contribution in [3.63, 3.8) is 0 Å². The van der Waals surface area contributed by atoms with E-state index in [0.29, 0.717) is 0 Å². The highest BCUT2D eigenvalue weighted by atomic mass is 32.2. The molecule has 2 rings (SSSR count). The predicted octanol–water partition coefficient (Wildman–Crippen LogP) is 8.87. The first-order valence-corrected chi connectivity index (χ1v) is 17.4. The van der Waals surface area contributed by atoms with Crippen molar-refractivity contribution in [1.82, 2.24) is 9.97 Å². The van der Waals surface area contributed by atoms with E-state index in [2.05, 4.69) is 60.8 Å². The summed E-state index contributed by atoms with van der Waals surface area (Å²) in [5, 5.41) is 0.882. The maximum Gasteiger partial charge on any atom is 0.187 e. The summed E-state index contributed by atoms with van der Waals surface area (Å²) in [4.78, 5) is 9.10. The van der Waals surface area contributed by atoms with Gasteiger partial charge in [-0.1, -0.05) is 108 Å². The van der Waals surface area contributed by atoms with Crippen molar-refractivity contribution >= 4 is 19.8 Å².